The maximum atomic E-state index is 13.2. The first-order valence-corrected chi connectivity index (χ1v) is 10.4. The number of hydrogen-bond donors (Lipinski definition) is 0. The van der Waals surface area contributed by atoms with Crippen molar-refractivity contribution in [2.75, 3.05) is 40.6 Å². The normalized spacial score (nSPS) is 11.1. The molecule has 2 aromatic heterocycles. The standard InChI is InChI=1S/C24H24FN3O5/c1-29-7-9-31-23-13-19-21(26-15-27-22(19)14-24(23)32-10-8-30-2)12-18-11-20(28-33-18)16-3-5-17(25)6-4-16/h3-6,11,13-15H,7-10,12H2,1-2H3. The Bertz CT molecular complexity index is 1200. The summed E-state index contributed by atoms with van der Waals surface area (Å²) in [5.41, 5.74) is 2.86. The number of rotatable bonds is 11. The second-order valence-electron chi connectivity index (χ2n) is 7.18. The van der Waals surface area contributed by atoms with E-state index >= 15 is 0 Å². The minimum Gasteiger partial charge on any atom is -0.487 e. The number of ether oxygens (including phenoxy) is 4. The van der Waals surface area contributed by atoms with E-state index in [2.05, 4.69) is 15.1 Å². The number of aromatic nitrogens is 3. The van der Waals surface area contributed by atoms with E-state index in [1.165, 1.54) is 18.5 Å². The molecule has 0 aliphatic heterocycles. The van der Waals surface area contributed by atoms with E-state index in [9.17, 15) is 4.39 Å². The number of methoxy groups -OCH3 is 2. The molecular formula is C24H24FN3O5. The van der Waals surface area contributed by atoms with Crippen LogP contribution < -0.4 is 9.47 Å². The molecule has 2 heterocycles. The van der Waals surface area contributed by atoms with Gasteiger partial charge in [-0.25, -0.2) is 14.4 Å². The largest absolute Gasteiger partial charge is 0.487 e. The highest BCUT2D eigenvalue weighted by molar-refractivity contribution is 5.84. The number of benzene rings is 2. The Morgan fingerprint density at radius 1 is 0.848 bits per heavy atom. The molecule has 0 spiro atoms. The highest BCUT2D eigenvalue weighted by Crippen LogP contribution is 2.33. The summed E-state index contributed by atoms with van der Waals surface area (Å²) in [6.45, 7) is 1.64. The first-order chi connectivity index (χ1) is 16.2. The van der Waals surface area contributed by atoms with Gasteiger partial charge in [0.15, 0.2) is 11.5 Å². The van der Waals surface area contributed by atoms with Crippen molar-refractivity contribution in [3.05, 3.63) is 66.1 Å². The van der Waals surface area contributed by atoms with E-state index in [1.54, 1.807) is 26.4 Å². The van der Waals surface area contributed by atoms with Crippen LogP contribution in [0.5, 0.6) is 11.5 Å². The summed E-state index contributed by atoms with van der Waals surface area (Å²) in [6.07, 6.45) is 1.90. The van der Waals surface area contributed by atoms with E-state index in [-0.39, 0.29) is 5.82 Å². The quantitative estimate of drug-likeness (QED) is 0.314. The minimum atomic E-state index is -0.302. The molecule has 0 radical (unpaired) electrons. The Kier molecular flexibility index (Phi) is 7.43. The van der Waals surface area contributed by atoms with E-state index in [0.29, 0.717) is 61.3 Å². The van der Waals surface area contributed by atoms with Crippen LogP contribution in [0.15, 0.2) is 53.3 Å². The van der Waals surface area contributed by atoms with Gasteiger partial charge in [-0.05, 0) is 30.3 Å². The van der Waals surface area contributed by atoms with Crippen molar-refractivity contribution in [3.63, 3.8) is 0 Å². The second-order valence-corrected chi connectivity index (χ2v) is 7.18. The molecule has 0 unspecified atom stereocenters. The van der Waals surface area contributed by atoms with Gasteiger partial charge in [0.25, 0.3) is 0 Å². The van der Waals surface area contributed by atoms with Gasteiger partial charge >= 0.3 is 0 Å². The zero-order valence-corrected chi connectivity index (χ0v) is 18.4. The zero-order valence-electron chi connectivity index (χ0n) is 18.4. The minimum absolute atomic E-state index is 0.302. The summed E-state index contributed by atoms with van der Waals surface area (Å²) in [4.78, 5) is 8.84. The molecule has 4 aromatic rings. The van der Waals surface area contributed by atoms with Gasteiger partial charge in [0.1, 0.15) is 36.8 Å². The van der Waals surface area contributed by atoms with Crippen LogP contribution in [-0.2, 0) is 15.9 Å². The molecule has 0 N–H and O–H groups in total. The van der Waals surface area contributed by atoms with Crippen molar-refractivity contribution in [1.29, 1.82) is 0 Å². The fraction of sp³-hybridized carbons (Fsp3) is 0.292. The van der Waals surface area contributed by atoms with Crippen LogP contribution in [0.1, 0.15) is 11.5 Å². The van der Waals surface area contributed by atoms with Gasteiger partial charge in [-0.1, -0.05) is 5.16 Å². The molecule has 0 aliphatic carbocycles. The van der Waals surface area contributed by atoms with Crippen LogP contribution >= 0.6 is 0 Å². The zero-order chi connectivity index (χ0) is 23.0. The molecule has 2 aromatic carbocycles. The molecule has 9 heteroatoms. The van der Waals surface area contributed by atoms with Crippen LogP contribution in [0.25, 0.3) is 22.2 Å². The molecule has 33 heavy (non-hydrogen) atoms. The van der Waals surface area contributed by atoms with E-state index < -0.39 is 0 Å². The van der Waals surface area contributed by atoms with Gasteiger partial charge in [0.2, 0.25) is 0 Å². The lowest BCUT2D eigenvalue weighted by molar-refractivity contribution is 0.132. The monoisotopic (exact) mass is 453 g/mol. The molecule has 0 fully saturated rings. The molecule has 0 aliphatic rings. The molecule has 0 saturated carbocycles. The van der Waals surface area contributed by atoms with Crippen LogP contribution in [0.3, 0.4) is 0 Å². The summed E-state index contributed by atoms with van der Waals surface area (Å²) < 4.78 is 40.6. The lowest BCUT2D eigenvalue weighted by Crippen LogP contribution is -2.09. The number of fused-ring (bicyclic) bond motifs is 1. The number of hydrogen-bond acceptors (Lipinski definition) is 8. The number of nitrogens with zero attached hydrogens (tertiary/aromatic N) is 3. The molecule has 8 nitrogen and oxygen atoms in total. The average Bonchev–Trinajstić information content (AvgIpc) is 3.29. The van der Waals surface area contributed by atoms with Crippen LogP contribution in [0, 0.1) is 5.82 Å². The third-order valence-electron chi connectivity index (χ3n) is 4.91. The van der Waals surface area contributed by atoms with Gasteiger partial charge in [-0.3, -0.25) is 0 Å². The SMILES string of the molecule is COCCOc1cc2ncnc(Cc3cc(-c4ccc(F)cc4)no3)c2cc1OCCOC. The van der Waals surface area contributed by atoms with Crippen molar-refractivity contribution in [2.45, 2.75) is 6.42 Å². The van der Waals surface area contributed by atoms with Gasteiger partial charge in [-0.15, -0.1) is 0 Å². The molecule has 4 rings (SSSR count). The summed E-state index contributed by atoms with van der Waals surface area (Å²) in [7, 11) is 3.23. The van der Waals surface area contributed by atoms with Crippen molar-refractivity contribution in [2.24, 2.45) is 0 Å². The van der Waals surface area contributed by atoms with Crippen LogP contribution in [0.4, 0.5) is 4.39 Å². The summed E-state index contributed by atoms with van der Waals surface area (Å²) >= 11 is 0. The lowest BCUT2D eigenvalue weighted by atomic mass is 10.1. The predicted octanol–water partition coefficient (Wildman–Crippen LogP) is 4.07. The van der Waals surface area contributed by atoms with E-state index in [0.717, 1.165) is 16.6 Å². The van der Waals surface area contributed by atoms with Crippen molar-refractivity contribution >= 4 is 10.9 Å². The summed E-state index contributed by atoms with van der Waals surface area (Å²) in [5.74, 6) is 1.45. The topological polar surface area (TPSA) is 88.7 Å². The molecule has 0 atom stereocenters. The fourth-order valence-corrected chi connectivity index (χ4v) is 3.27. The third kappa shape index (κ3) is 5.63. The first-order valence-electron chi connectivity index (χ1n) is 10.4. The predicted molar refractivity (Wildman–Crippen MR) is 119 cm³/mol. The van der Waals surface area contributed by atoms with E-state index in [1.807, 2.05) is 18.2 Å². The van der Waals surface area contributed by atoms with Gasteiger partial charge in [-0.2, -0.15) is 0 Å². The average molecular weight is 453 g/mol. The maximum absolute atomic E-state index is 13.2. The Morgan fingerprint density at radius 3 is 2.24 bits per heavy atom. The van der Waals surface area contributed by atoms with Crippen molar-refractivity contribution < 1.29 is 27.9 Å². The Hall–Kier alpha value is -3.56. The smallest absolute Gasteiger partial charge is 0.163 e. The molecule has 172 valence electrons. The third-order valence-corrected chi connectivity index (χ3v) is 4.91. The Morgan fingerprint density at radius 2 is 1.55 bits per heavy atom. The Labute approximate surface area is 190 Å². The molecule has 0 amide bonds. The van der Waals surface area contributed by atoms with Gasteiger partial charge < -0.3 is 23.5 Å². The highest BCUT2D eigenvalue weighted by Gasteiger charge is 2.15. The molecular weight excluding hydrogens is 429 g/mol. The van der Waals surface area contributed by atoms with Crippen LogP contribution in [-0.4, -0.2) is 55.8 Å². The number of halogens is 1. The first kappa shape index (κ1) is 22.6. The Balaban J connectivity index is 1.62. The summed E-state index contributed by atoms with van der Waals surface area (Å²) in [5, 5.41) is 4.91. The van der Waals surface area contributed by atoms with Gasteiger partial charge in [0, 0.05) is 37.3 Å². The molecule has 0 bridgehead atoms. The fourth-order valence-electron chi connectivity index (χ4n) is 3.27. The van der Waals surface area contributed by atoms with Crippen molar-refractivity contribution in [3.8, 4) is 22.8 Å². The summed E-state index contributed by atoms with van der Waals surface area (Å²) in [6, 6.07) is 11.6. The van der Waals surface area contributed by atoms with Crippen molar-refractivity contribution in [1.82, 2.24) is 15.1 Å². The second kappa shape index (κ2) is 10.8. The van der Waals surface area contributed by atoms with Gasteiger partial charge in [0.05, 0.1) is 30.8 Å². The molecule has 0 saturated heterocycles. The van der Waals surface area contributed by atoms with E-state index in [4.69, 9.17) is 23.5 Å². The highest BCUT2D eigenvalue weighted by atomic mass is 19.1. The van der Waals surface area contributed by atoms with Crippen LogP contribution in [0.2, 0.25) is 0 Å². The maximum Gasteiger partial charge on any atom is 0.163 e. The lowest BCUT2D eigenvalue weighted by Gasteiger charge is -2.14.